The Hall–Kier alpha value is -3.16. The Bertz CT molecular complexity index is 824. The first-order chi connectivity index (χ1) is 12.3. The zero-order valence-electron chi connectivity index (χ0n) is 15.0. The van der Waals surface area contributed by atoms with Gasteiger partial charge in [0.2, 0.25) is 5.91 Å². The molecule has 2 aromatic rings. The summed E-state index contributed by atoms with van der Waals surface area (Å²) in [4.78, 5) is 34.6. The number of amides is 2. The Kier molecular flexibility index (Phi) is 6.11. The lowest BCUT2D eigenvalue weighted by Crippen LogP contribution is -2.26. The number of aromatic nitrogens is 2. The summed E-state index contributed by atoms with van der Waals surface area (Å²) in [5.74, 6) is -1.49. The van der Waals surface area contributed by atoms with Gasteiger partial charge in [0, 0.05) is 36.1 Å². The number of carboxylic acids is 1. The number of aliphatic carboxylic acids is 1. The standard InChI is InChI=1S/C18H22N4O4/c1-11-15(12(2)22(3)21-11)10-16(23)20-14-6-4-13(5-7-14)18(26)19-9-8-17(24)25/h4-7H,8-10H2,1-3H3,(H,19,26)(H,20,23)(H,24,25). The normalized spacial score (nSPS) is 10.4. The third-order valence-electron chi connectivity index (χ3n) is 4.05. The van der Waals surface area contributed by atoms with E-state index in [0.717, 1.165) is 17.0 Å². The van der Waals surface area contributed by atoms with Crippen molar-refractivity contribution in [3.05, 3.63) is 46.8 Å². The first-order valence-corrected chi connectivity index (χ1v) is 8.17. The number of benzene rings is 1. The van der Waals surface area contributed by atoms with Gasteiger partial charge in [-0.1, -0.05) is 0 Å². The number of nitrogens with one attached hydrogen (secondary N) is 2. The molecule has 1 aromatic carbocycles. The van der Waals surface area contributed by atoms with Gasteiger partial charge in [0.25, 0.3) is 5.91 Å². The fraction of sp³-hybridized carbons (Fsp3) is 0.333. The average Bonchev–Trinajstić information content (AvgIpc) is 2.81. The van der Waals surface area contributed by atoms with Crippen LogP contribution in [-0.4, -0.2) is 39.2 Å². The summed E-state index contributed by atoms with van der Waals surface area (Å²) in [6.45, 7) is 3.85. The molecule has 8 nitrogen and oxygen atoms in total. The lowest BCUT2D eigenvalue weighted by Gasteiger charge is -2.07. The highest BCUT2D eigenvalue weighted by atomic mass is 16.4. The summed E-state index contributed by atoms with van der Waals surface area (Å²) in [5, 5.41) is 18.2. The van der Waals surface area contributed by atoms with Crippen LogP contribution in [-0.2, 0) is 23.1 Å². The second-order valence-corrected chi connectivity index (χ2v) is 5.97. The molecule has 0 radical (unpaired) electrons. The molecular formula is C18H22N4O4. The van der Waals surface area contributed by atoms with E-state index in [1.54, 1.807) is 28.9 Å². The predicted octanol–water partition coefficient (Wildman–Crippen LogP) is 1.42. The third kappa shape index (κ3) is 4.92. The summed E-state index contributed by atoms with van der Waals surface area (Å²) in [6, 6.07) is 6.42. The zero-order valence-corrected chi connectivity index (χ0v) is 15.0. The molecule has 8 heteroatoms. The second kappa shape index (κ2) is 8.28. The van der Waals surface area contributed by atoms with E-state index in [1.807, 2.05) is 20.9 Å². The van der Waals surface area contributed by atoms with Crippen LogP contribution in [0.5, 0.6) is 0 Å². The van der Waals surface area contributed by atoms with Crippen molar-refractivity contribution in [2.75, 3.05) is 11.9 Å². The van der Waals surface area contributed by atoms with Crippen molar-refractivity contribution in [2.45, 2.75) is 26.7 Å². The second-order valence-electron chi connectivity index (χ2n) is 5.97. The van der Waals surface area contributed by atoms with Crippen LogP contribution in [0, 0.1) is 13.8 Å². The van der Waals surface area contributed by atoms with E-state index < -0.39 is 5.97 Å². The van der Waals surface area contributed by atoms with Gasteiger partial charge < -0.3 is 15.7 Å². The van der Waals surface area contributed by atoms with E-state index in [-0.39, 0.29) is 31.2 Å². The lowest BCUT2D eigenvalue weighted by molar-refractivity contribution is -0.136. The molecule has 0 atom stereocenters. The van der Waals surface area contributed by atoms with Crippen molar-refractivity contribution in [3.8, 4) is 0 Å². The summed E-state index contributed by atoms with van der Waals surface area (Å²) in [5.41, 5.74) is 3.66. The maximum atomic E-state index is 12.2. The minimum absolute atomic E-state index is 0.0659. The molecule has 0 aliphatic rings. The number of carbonyl (C=O) groups excluding carboxylic acids is 2. The number of rotatable bonds is 7. The predicted molar refractivity (Wildman–Crippen MR) is 96.0 cm³/mol. The fourth-order valence-corrected chi connectivity index (χ4v) is 2.53. The van der Waals surface area contributed by atoms with Gasteiger partial charge in [0.1, 0.15) is 0 Å². The van der Waals surface area contributed by atoms with Gasteiger partial charge in [-0.05, 0) is 38.1 Å². The molecule has 2 amide bonds. The maximum absolute atomic E-state index is 12.2. The van der Waals surface area contributed by atoms with Crippen LogP contribution in [0.15, 0.2) is 24.3 Å². The Morgan fingerprint density at radius 1 is 1.15 bits per heavy atom. The number of carbonyl (C=O) groups is 3. The SMILES string of the molecule is Cc1nn(C)c(C)c1CC(=O)Nc1ccc(C(=O)NCCC(=O)O)cc1. The summed E-state index contributed by atoms with van der Waals surface area (Å²) < 4.78 is 1.75. The summed E-state index contributed by atoms with van der Waals surface area (Å²) in [6.07, 6.45) is 0.0932. The van der Waals surface area contributed by atoms with Gasteiger partial charge in [-0.15, -0.1) is 0 Å². The monoisotopic (exact) mass is 358 g/mol. The van der Waals surface area contributed by atoms with Crippen molar-refractivity contribution in [3.63, 3.8) is 0 Å². The maximum Gasteiger partial charge on any atom is 0.305 e. The lowest BCUT2D eigenvalue weighted by atomic mass is 10.1. The largest absolute Gasteiger partial charge is 0.481 e. The van der Waals surface area contributed by atoms with E-state index in [2.05, 4.69) is 15.7 Å². The minimum Gasteiger partial charge on any atom is -0.481 e. The summed E-state index contributed by atoms with van der Waals surface area (Å²) >= 11 is 0. The minimum atomic E-state index is -0.970. The molecule has 0 aliphatic carbocycles. The molecule has 0 saturated heterocycles. The quantitative estimate of drug-likeness (QED) is 0.693. The molecule has 2 rings (SSSR count). The van der Waals surface area contributed by atoms with E-state index in [4.69, 9.17) is 5.11 Å². The van der Waals surface area contributed by atoms with Crippen molar-refractivity contribution < 1.29 is 19.5 Å². The van der Waals surface area contributed by atoms with Crippen molar-refractivity contribution in [2.24, 2.45) is 7.05 Å². The molecule has 26 heavy (non-hydrogen) atoms. The van der Waals surface area contributed by atoms with Gasteiger partial charge in [-0.2, -0.15) is 5.10 Å². The molecule has 0 fully saturated rings. The van der Waals surface area contributed by atoms with E-state index in [1.165, 1.54) is 0 Å². The number of nitrogens with zero attached hydrogens (tertiary/aromatic N) is 2. The molecule has 138 valence electrons. The van der Waals surface area contributed by atoms with Gasteiger partial charge in [0.15, 0.2) is 0 Å². The molecule has 1 heterocycles. The van der Waals surface area contributed by atoms with Gasteiger partial charge in [-0.25, -0.2) is 0 Å². The van der Waals surface area contributed by atoms with Gasteiger partial charge >= 0.3 is 5.97 Å². The van der Waals surface area contributed by atoms with Crippen LogP contribution in [0.2, 0.25) is 0 Å². The summed E-state index contributed by atoms with van der Waals surface area (Å²) in [7, 11) is 1.84. The van der Waals surface area contributed by atoms with Crippen LogP contribution in [0.1, 0.15) is 33.7 Å². The van der Waals surface area contributed by atoms with Crippen LogP contribution in [0.3, 0.4) is 0 Å². The Labute approximate surface area is 151 Å². The molecule has 0 spiro atoms. The zero-order chi connectivity index (χ0) is 19.3. The van der Waals surface area contributed by atoms with Crippen molar-refractivity contribution >= 4 is 23.5 Å². The highest BCUT2D eigenvalue weighted by molar-refractivity contribution is 5.96. The average molecular weight is 358 g/mol. The Balaban J connectivity index is 1.93. The smallest absolute Gasteiger partial charge is 0.305 e. The molecule has 3 N–H and O–H groups in total. The van der Waals surface area contributed by atoms with Crippen molar-refractivity contribution in [1.82, 2.24) is 15.1 Å². The third-order valence-corrected chi connectivity index (χ3v) is 4.05. The van der Waals surface area contributed by atoms with Gasteiger partial charge in [0.05, 0.1) is 18.5 Å². The fourth-order valence-electron chi connectivity index (χ4n) is 2.53. The Morgan fingerprint density at radius 2 is 1.81 bits per heavy atom. The van der Waals surface area contributed by atoms with Crippen LogP contribution < -0.4 is 10.6 Å². The number of hydrogen-bond donors (Lipinski definition) is 3. The van der Waals surface area contributed by atoms with Crippen LogP contribution in [0.4, 0.5) is 5.69 Å². The Morgan fingerprint density at radius 3 is 2.35 bits per heavy atom. The number of aryl methyl sites for hydroxylation is 2. The first kappa shape index (κ1) is 19.2. The van der Waals surface area contributed by atoms with Crippen molar-refractivity contribution in [1.29, 1.82) is 0 Å². The number of carboxylic acid groups (broad SMARTS) is 1. The molecule has 0 bridgehead atoms. The molecular weight excluding hydrogens is 336 g/mol. The van der Waals surface area contributed by atoms with E-state index in [0.29, 0.717) is 11.3 Å². The molecule has 0 aliphatic heterocycles. The molecule has 1 aromatic heterocycles. The number of anilines is 1. The van der Waals surface area contributed by atoms with E-state index >= 15 is 0 Å². The topological polar surface area (TPSA) is 113 Å². The highest BCUT2D eigenvalue weighted by Gasteiger charge is 2.14. The molecule has 0 saturated carbocycles. The van der Waals surface area contributed by atoms with Crippen LogP contribution >= 0.6 is 0 Å². The number of hydrogen-bond acceptors (Lipinski definition) is 4. The highest BCUT2D eigenvalue weighted by Crippen LogP contribution is 2.15. The first-order valence-electron chi connectivity index (χ1n) is 8.17. The molecule has 0 unspecified atom stereocenters. The van der Waals surface area contributed by atoms with Gasteiger partial charge in [-0.3, -0.25) is 19.1 Å². The van der Waals surface area contributed by atoms with E-state index in [9.17, 15) is 14.4 Å². The van der Waals surface area contributed by atoms with Crippen LogP contribution in [0.25, 0.3) is 0 Å².